The van der Waals surface area contributed by atoms with Crippen molar-refractivity contribution in [2.24, 2.45) is 0 Å². The van der Waals surface area contributed by atoms with Gasteiger partial charge in [0.15, 0.2) is 0 Å². The normalized spacial score (nSPS) is 12.9. The Morgan fingerprint density at radius 1 is 0.647 bits per heavy atom. The van der Waals surface area contributed by atoms with Gasteiger partial charge in [-0.05, 0) is 32.1 Å². The summed E-state index contributed by atoms with van der Waals surface area (Å²) >= 11 is 0. The van der Waals surface area contributed by atoms with Gasteiger partial charge in [0.25, 0.3) is 0 Å². The van der Waals surface area contributed by atoms with Crippen LogP contribution in [0, 0.1) is 0 Å². The Kier molecular flexibility index (Phi) is 22.9. The first-order chi connectivity index (χ1) is 16.6. The van der Waals surface area contributed by atoms with E-state index < -0.39 is 5.60 Å². The largest absolute Gasteiger partial charge is 0.388 e. The van der Waals surface area contributed by atoms with E-state index in [1.165, 1.54) is 44.6 Å². The summed E-state index contributed by atoms with van der Waals surface area (Å²) in [7, 11) is 0. The third-order valence-corrected chi connectivity index (χ3v) is 5.91. The molecule has 3 heteroatoms. The van der Waals surface area contributed by atoms with Crippen LogP contribution < -0.4 is 5.32 Å². The highest BCUT2D eigenvalue weighted by molar-refractivity contribution is 5.87. The zero-order valence-corrected chi connectivity index (χ0v) is 22.4. The summed E-state index contributed by atoms with van der Waals surface area (Å²) in [6.45, 7) is 6.93. The van der Waals surface area contributed by atoms with Crippen molar-refractivity contribution in [2.45, 2.75) is 123 Å². The lowest BCUT2D eigenvalue weighted by atomic mass is 9.89. The number of amides is 1. The van der Waals surface area contributed by atoms with Crippen molar-refractivity contribution in [2.75, 3.05) is 6.54 Å². The zero-order valence-electron chi connectivity index (χ0n) is 22.4. The summed E-state index contributed by atoms with van der Waals surface area (Å²) in [5, 5.41) is 14.0. The molecule has 0 aliphatic carbocycles. The topological polar surface area (TPSA) is 49.3 Å². The van der Waals surface area contributed by atoms with Crippen LogP contribution in [0.2, 0.25) is 0 Å². The Bertz CT molecular complexity index is 601. The molecule has 0 aromatic rings. The number of allylic oxidation sites excluding steroid dienone is 9. The van der Waals surface area contributed by atoms with Crippen LogP contribution in [0.3, 0.4) is 0 Å². The zero-order chi connectivity index (χ0) is 25.2. The highest BCUT2D eigenvalue weighted by atomic mass is 16.3. The number of hydrogen-bond acceptors (Lipinski definition) is 2. The van der Waals surface area contributed by atoms with Gasteiger partial charge in [0.1, 0.15) is 0 Å². The monoisotopic (exact) mass is 471 g/mol. The van der Waals surface area contributed by atoms with Gasteiger partial charge in [0, 0.05) is 12.6 Å². The number of hydrogen-bond donors (Lipinski definition) is 2. The van der Waals surface area contributed by atoms with Crippen LogP contribution in [0.15, 0.2) is 60.8 Å². The lowest BCUT2D eigenvalue weighted by Crippen LogP contribution is -2.42. The van der Waals surface area contributed by atoms with E-state index in [4.69, 9.17) is 0 Å². The van der Waals surface area contributed by atoms with Gasteiger partial charge in [-0.25, -0.2) is 0 Å². The SMILES string of the molecule is CCCCC=CC=CCCC=CC=CC=CC(=O)NCC(O)(CCCCCC)CCCCCC. The Morgan fingerprint density at radius 2 is 1.15 bits per heavy atom. The molecule has 34 heavy (non-hydrogen) atoms. The van der Waals surface area contributed by atoms with E-state index in [1.54, 1.807) is 6.08 Å². The van der Waals surface area contributed by atoms with E-state index in [2.05, 4.69) is 56.5 Å². The van der Waals surface area contributed by atoms with Crippen LogP contribution in [-0.2, 0) is 4.79 Å². The molecule has 2 N–H and O–H groups in total. The first kappa shape index (κ1) is 32.1. The molecule has 0 radical (unpaired) electrons. The number of carbonyl (C=O) groups is 1. The van der Waals surface area contributed by atoms with Crippen LogP contribution in [-0.4, -0.2) is 23.2 Å². The Labute approximate surface area is 211 Å². The molecule has 0 rings (SSSR count). The fraction of sp³-hybridized carbons (Fsp3) is 0.645. The summed E-state index contributed by atoms with van der Waals surface area (Å²) < 4.78 is 0. The van der Waals surface area contributed by atoms with E-state index in [1.807, 2.05) is 18.2 Å². The standard InChI is InChI=1S/C31H53NO2/c1-4-7-10-13-14-15-16-17-18-19-20-21-22-23-26-30(33)32-29-31(34,27-24-11-8-5-2)28-25-12-9-6-3/h13-16,19-23,26,34H,4-12,17-18,24-25,27-29H2,1-3H3,(H,32,33). The molecule has 0 saturated heterocycles. The maximum atomic E-state index is 12.2. The second-order valence-electron chi connectivity index (χ2n) is 9.31. The van der Waals surface area contributed by atoms with Gasteiger partial charge in [-0.2, -0.15) is 0 Å². The van der Waals surface area contributed by atoms with E-state index in [9.17, 15) is 9.90 Å². The first-order valence-electron chi connectivity index (χ1n) is 13.9. The molecule has 0 unspecified atom stereocenters. The van der Waals surface area contributed by atoms with Crippen molar-refractivity contribution in [1.29, 1.82) is 0 Å². The third-order valence-electron chi connectivity index (χ3n) is 5.91. The first-order valence-corrected chi connectivity index (χ1v) is 13.9. The molecule has 0 aromatic heterocycles. The maximum Gasteiger partial charge on any atom is 0.244 e. The van der Waals surface area contributed by atoms with Gasteiger partial charge in [-0.1, -0.05) is 140 Å². The average molecular weight is 472 g/mol. The lowest BCUT2D eigenvalue weighted by Gasteiger charge is -2.28. The van der Waals surface area contributed by atoms with Crippen LogP contribution in [0.25, 0.3) is 0 Å². The smallest absolute Gasteiger partial charge is 0.244 e. The molecule has 0 aliphatic heterocycles. The van der Waals surface area contributed by atoms with Crippen molar-refractivity contribution in [1.82, 2.24) is 5.32 Å². The van der Waals surface area contributed by atoms with Crippen LogP contribution in [0.1, 0.15) is 117 Å². The number of rotatable bonds is 22. The lowest BCUT2D eigenvalue weighted by molar-refractivity contribution is -0.118. The van der Waals surface area contributed by atoms with E-state index >= 15 is 0 Å². The Balaban J connectivity index is 4.24. The minimum absolute atomic E-state index is 0.147. The average Bonchev–Trinajstić information content (AvgIpc) is 2.84. The molecule has 3 nitrogen and oxygen atoms in total. The predicted molar refractivity (Wildman–Crippen MR) is 150 cm³/mol. The quantitative estimate of drug-likeness (QED) is 0.0944. The summed E-state index contributed by atoms with van der Waals surface area (Å²) in [5.74, 6) is -0.147. The van der Waals surface area contributed by atoms with Crippen LogP contribution in [0.4, 0.5) is 0 Å². The second kappa shape index (κ2) is 24.3. The molecule has 0 aliphatic rings. The molecule has 0 atom stereocenters. The van der Waals surface area contributed by atoms with Crippen molar-refractivity contribution < 1.29 is 9.90 Å². The fourth-order valence-corrected chi connectivity index (χ4v) is 3.68. The van der Waals surface area contributed by atoms with Crippen LogP contribution >= 0.6 is 0 Å². The Hall–Kier alpha value is -1.87. The van der Waals surface area contributed by atoms with Crippen molar-refractivity contribution >= 4 is 5.91 Å². The molecule has 0 fully saturated rings. The van der Waals surface area contributed by atoms with Gasteiger partial charge < -0.3 is 10.4 Å². The maximum absolute atomic E-state index is 12.2. The molecule has 0 bridgehead atoms. The molecule has 0 spiro atoms. The minimum atomic E-state index is -0.788. The molecule has 194 valence electrons. The van der Waals surface area contributed by atoms with E-state index in [0.717, 1.165) is 57.8 Å². The van der Waals surface area contributed by atoms with Gasteiger partial charge in [-0.3, -0.25) is 4.79 Å². The summed E-state index contributed by atoms with van der Waals surface area (Å²) in [5.41, 5.74) is -0.788. The molecule has 1 amide bonds. The van der Waals surface area contributed by atoms with E-state index in [-0.39, 0.29) is 5.91 Å². The highest BCUT2D eigenvalue weighted by Gasteiger charge is 2.26. The fourth-order valence-electron chi connectivity index (χ4n) is 3.68. The van der Waals surface area contributed by atoms with Crippen molar-refractivity contribution in [3.8, 4) is 0 Å². The number of aliphatic hydroxyl groups is 1. The van der Waals surface area contributed by atoms with Gasteiger partial charge in [-0.15, -0.1) is 0 Å². The van der Waals surface area contributed by atoms with E-state index in [0.29, 0.717) is 6.54 Å². The predicted octanol–water partition coefficient (Wildman–Crippen LogP) is 8.53. The molecule has 0 aromatic carbocycles. The molecule has 0 heterocycles. The summed E-state index contributed by atoms with van der Waals surface area (Å²) in [6, 6.07) is 0. The van der Waals surface area contributed by atoms with Gasteiger partial charge in [0.2, 0.25) is 5.91 Å². The second-order valence-corrected chi connectivity index (χ2v) is 9.31. The third kappa shape index (κ3) is 21.9. The van der Waals surface area contributed by atoms with Gasteiger partial charge >= 0.3 is 0 Å². The van der Waals surface area contributed by atoms with Crippen LogP contribution in [0.5, 0.6) is 0 Å². The number of carbonyl (C=O) groups excluding carboxylic acids is 1. The summed E-state index contributed by atoms with van der Waals surface area (Å²) in [6.07, 6.45) is 36.2. The van der Waals surface area contributed by atoms with Crippen molar-refractivity contribution in [3.05, 3.63) is 60.8 Å². The molecular formula is C31H53NO2. The molecule has 0 saturated carbocycles. The highest BCUT2D eigenvalue weighted by Crippen LogP contribution is 2.22. The number of unbranched alkanes of at least 4 members (excludes halogenated alkanes) is 9. The number of nitrogens with one attached hydrogen (secondary N) is 1. The van der Waals surface area contributed by atoms with Crippen molar-refractivity contribution in [3.63, 3.8) is 0 Å². The van der Waals surface area contributed by atoms with Gasteiger partial charge in [0.05, 0.1) is 5.60 Å². The molecular weight excluding hydrogens is 418 g/mol. The Morgan fingerprint density at radius 3 is 1.71 bits per heavy atom. The summed E-state index contributed by atoms with van der Waals surface area (Å²) in [4.78, 5) is 12.2. The minimum Gasteiger partial charge on any atom is -0.388 e.